The Morgan fingerprint density at radius 1 is 1.27 bits per heavy atom. The molecule has 0 aliphatic carbocycles. The fourth-order valence-electron chi connectivity index (χ4n) is 2.69. The minimum Gasteiger partial charge on any atom is -0.391 e. The minimum atomic E-state index is -0.276. The average Bonchev–Trinajstić information content (AvgIpc) is 2.54. The van der Waals surface area contributed by atoms with Crippen molar-refractivity contribution in [2.75, 3.05) is 23.3 Å². The van der Waals surface area contributed by atoms with Gasteiger partial charge in [0.15, 0.2) is 0 Å². The molecule has 5 nitrogen and oxygen atoms in total. The molecule has 116 valence electrons. The predicted octanol–water partition coefficient (Wildman–Crippen LogP) is 2.70. The van der Waals surface area contributed by atoms with Gasteiger partial charge in [0, 0.05) is 37.6 Å². The van der Waals surface area contributed by atoms with Crippen LogP contribution in [0.3, 0.4) is 0 Å². The maximum atomic E-state index is 9.86. The van der Waals surface area contributed by atoms with Crippen LogP contribution in [0.1, 0.15) is 18.4 Å². The van der Waals surface area contributed by atoms with E-state index >= 15 is 0 Å². The molecule has 2 aromatic rings. The quantitative estimate of drug-likeness (QED) is 0.907. The first-order chi connectivity index (χ1) is 10.7. The number of nitrogens with one attached hydrogen (secondary N) is 1. The van der Waals surface area contributed by atoms with Crippen LogP contribution in [0.15, 0.2) is 36.7 Å². The predicted molar refractivity (Wildman–Crippen MR) is 88.3 cm³/mol. The molecule has 1 aliphatic rings. The number of aliphatic hydroxyl groups excluding tert-OH is 1. The van der Waals surface area contributed by atoms with E-state index < -0.39 is 0 Å². The van der Waals surface area contributed by atoms with Gasteiger partial charge in [-0.3, -0.25) is 0 Å². The highest BCUT2D eigenvalue weighted by Crippen LogP contribution is 2.24. The van der Waals surface area contributed by atoms with Crippen molar-refractivity contribution in [3.8, 4) is 0 Å². The van der Waals surface area contributed by atoms with E-state index in [-0.39, 0.29) is 6.10 Å². The maximum absolute atomic E-state index is 9.86. The first kappa shape index (κ1) is 15.1. The lowest BCUT2D eigenvalue weighted by molar-refractivity contribution is 0.154. The molecule has 3 rings (SSSR count). The Bertz CT molecular complexity index is 637. The lowest BCUT2D eigenvalue weighted by Crippen LogP contribution is -2.39. The van der Waals surface area contributed by atoms with Crippen LogP contribution in [0.4, 0.5) is 11.6 Å². The van der Waals surface area contributed by atoms with Gasteiger partial charge in [-0.15, -0.1) is 0 Å². The molecule has 0 aromatic carbocycles. The highest BCUT2D eigenvalue weighted by atomic mass is 35.5. The summed E-state index contributed by atoms with van der Waals surface area (Å²) in [6.45, 7) is 2.15. The number of halogens is 1. The van der Waals surface area contributed by atoms with Gasteiger partial charge in [0.05, 0.1) is 11.1 Å². The fraction of sp³-hybridized carbons (Fsp3) is 0.375. The number of anilines is 2. The van der Waals surface area contributed by atoms with Crippen LogP contribution in [0.5, 0.6) is 0 Å². The van der Waals surface area contributed by atoms with Crippen LogP contribution in [0, 0.1) is 0 Å². The molecule has 2 aromatic heterocycles. The molecule has 3 heterocycles. The van der Waals surface area contributed by atoms with E-state index in [1.165, 1.54) is 0 Å². The summed E-state index contributed by atoms with van der Waals surface area (Å²) < 4.78 is 0. The van der Waals surface area contributed by atoms with Crippen molar-refractivity contribution in [2.24, 2.45) is 0 Å². The summed E-state index contributed by atoms with van der Waals surface area (Å²) in [6.07, 6.45) is 5.06. The first-order valence-corrected chi connectivity index (χ1v) is 7.83. The second kappa shape index (κ2) is 6.94. The van der Waals surface area contributed by atoms with Crippen LogP contribution in [0.2, 0.25) is 5.02 Å². The molecule has 22 heavy (non-hydrogen) atoms. The summed E-state index contributed by atoms with van der Waals surface area (Å²) in [6, 6.07) is 7.56. The lowest BCUT2D eigenvalue weighted by atomic mass is 10.1. The lowest BCUT2D eigenvalue weighted by Gasteiger charge is -2.32. The van der Waals surface area contributed by atoms with Crippen molar-refractivity contribution in [1.29, 1.82) is 0 Å². The Balaban J connectivity index is 1.75. The number of nitrogens with zero attached hydrogens (tertiary/aromatic N) is 3. The van der Waals surface area contributed by atoms with Gasteiger partial charge < -0.3 is 15.3 Å². The van der Waals surface area contributed by atoms with Crippen molar-refractivity contribution in [3.05, 3.63) is 47.2 Å². The number of aromatic nitrogens is 2. The van der Waals surface area contributed by atoms with E-state index in [1.807, 2.05) is 18.2 Å². The molecule has 1 aliphatic heterocycles. The molecule has 0 saturated carbocycles. The topological polar surface area (TPSA) is 61.3 Å². The van der Waals surface area contributed by atoms with Crippen molar-refractivity contribution in [2.45, 2.75) is 25.5 Å². The fourth-order valence-corrected chi connectivity index (χ4v) is 2.88. The van der Waals surface area contributed by atoms with E-state index in [0.717, 1.165) is 30.8 Å². The molecular weight excluding hydrogens is 300 g/mol. The van der Waals surface area contributed by atoms with Gasteiger partial charge in [-0.05, 0) is 31.0 Å². The SMILES string of the molecule is O[C@@H]1CCCN(c2ncccc2CNc2ncccc2Cl)C1. The number of rotatable bonds is 4. The Morgan fingerprint density at radius 2 is 2.09 bits per heavy atom. The summed E-state index contributed by atoms with van der Waals surface area (Å²) in [4.78, 5) is 10.9. The Kier molecular flexibility index (Phi) is 4.75. The van der Waals surface area contributed by atoms with Gasteiger partial charge in [-0.1, -0.05) is 17.7 Å². The van der Waals surface area contributed by atoms with Crippen LogP contribution in [0.25, 0.3) is 0 Å². The summed E-state index contributed by atoms with van der Waals surface area (Å²) in [7, 11) is 0. The van der Waals surface area contributed by atoms with Gasteiger partial charge in [0.1, 0.15) is 11.6 Å². The molecule has 0 radical (unpaired) electrons. The van der Waals surface area contributed by atoms with Crippen LogP contribution in [-0.4, -0.2) is 34.3 Å². The van der Waals surface area contributed by atoms with Crippen molar-refractivity contribution < 1.29 is 5.11 Å². The largest absolute Gasteiger partial charge is 0.391 e. The zero-order valence-corrected chi connectivity index (χ0v) is 13.0. The van der Waals surface area contributed by atoms with E-state index in [9.17, 15) is 5.11 Å². The van der Waals surface area contributed by atoms with Gasteiger partial charge in [0.2, 0.25) is 0 Å². The molecule has 1 saturated heterocycles. The van der Waals surface area contributed by atoms with Crippen molar-refractivity contribution in [3.63, 3.8) is 0 Å². The Labute approximate surface area is 135 Å². The summed E-state index contributed by atoms with van der Waals surface area (Å²) in [5.74, 6) is 1.58. The molecule has 0 bridgehead atoms. The molecule has 1 atom stereocenters. The summed E-state index contributed by atoms with van der Waals surface area (Å²) in [5, 5.41) is 13.7. The second-order valence-electron chi connectivity index (χ2n) is 5.42. The number of hydrogen-bond acceptors (Lipinski definition) is 5. The van der Waals surface area contributed by atoms with Gasteiger partial charge >= 0.3 is 0 Å². The molecule has 2 N–H and O–H groups in total. The van der Waals surface area contributed by atoms with Crippen LogP contribution >= 0.6 is 11.6 Å². The van der Waals surface area contributed by atoms with Crippen molar-refractivity contribution in [1.82, 2.24) is 9.97 Å². The Morgan fingerprint density at radius 3 is 2.91 bits per heavy atom. The smallest absolute Gasteiger partial charge is 0.145 e. The third kappa shape index (κ3) is 3.48. The number of aliphatic hydroxyl groups is 1. The number of hydrogen-bond donors (Lipinski definition) is 2. The minimum absolute atomic E-state index is 0.276. The maximum Gasteiger partial charge on any atom is 0.145 e. The third-order valence-electron chi connectivity index (χ3n) is 3.77. The number of piperidine rings is 1. The van der Waals surface area contributed by atoms with Gasteiger partial charge in [0.25, 0.3) is 0 Å². The standard InChI is InChI=1S/C16H19ClN4O/c17-14-6-2-7-18-15(14)20-10-12-4-1-8-19-16(12)21-9-3-5-13(22)11-21/h1-2,4,6-8,13,22H,3,5,9-11H2,(H,18,20)/t13-/m1/s1. The van der Waals surface area contributed by atoms with E-state index in [0.29, 0.717) is 23.9 Å². The van der Waals surface area contributed by atoms with Crippen LogP contribution < -0.4 is 10.2 Å². The molecule has 0 amide bonds. The normalized spacial score (nSPS) is 18.3. The summed E-state index contributed by atoms with van der Waals surface area (Å²) >= 11 is 6.11. The van der Waals surface area contributed by atoms with Gasteiger partial charge in [-0.2, -0.15) is 0 Å². The molecular formula is C16H19ClN4O. The molecule has 1 fully saturated rings. The van der Waals surface area contributed by atoms with E-state index in [1.54, 1.807) is 18.5 Å². The second-order valence-corrected chi connectivity index (χ2v) is 5.82. The van der Waals surface area contributed by atoms with E-state index in [4.69, 9.17) is 11.6 Å². The first-order valence-electron chi connectivity index (χ1n) is 7.45. The zero-order valence-electron chi connectivity index (χ0n) is 12.2. The average molecular weight is 319 g/mol. The third-order valence-corrected chi connectivity index (χ3v) is 4.07. The van der Waals surface area contributed by atoms with Crippen LogP contribution in [-0.2, 0) is 6.54 Å². The van der Waals surface area contributed by atoms with Gasteiger partial charge in [-0.25, -0.2) is 9.97 Å². The summed E-state index contributed by atoms with van der Waals surface area (Å²) in [5.41, 5.74) is 1.07. The van der Waals surface area contributed by atoms with E-state index in [2.05, 4.69) is 20.2 Å². The molecule has 0 spiro atoms. The Hall–Kier alpha value is -1.85. The highest BCUT2D eigenvalue weighted by Gasteiger charge is 2.20. The molecule has 0 unspecified atom stereocenters. The monoisotopic (exact) mass is 318 g/mol. The number of β-amino-alcohol motifs (C(OH)–C–C–N with tert-alkyl or cyclic N) is 1. The number of pyridine rings is 2. The van der Waals surface area contributed by atoms with Crippen molar-refractivity contribution >= 4 is 23.2 Å². The highest BCUT2D eigenvalue weighted by molar-refractivity contribution is 6.32. The molecule has 6 heteroatoms. The zero-order chi connectivity index (χ0) is 15.4.